The van der Waals surface area contributed by atoms with Crippen molar-refractivity contribution in [1.82, 2.24) is 20.6 Å². The molecule has 1 amide bonds. The number of amides is 1. The largest absolute Gasteiger partial charge is 0.359 e. The molecule has 1 saturated heterocycles. The SMILES string of the molecule is CNC(=O)CCN(C)c1cc(C2CCNCC2)nc(C)n1. The van der Waals surface area contributed by atoms with Gasteiger partial charge in [-0.05, 0) is 32.9 Å². The molecule has 0 aromatic carbocycles. The van der Waals surface area contributed by atoms with E-state index in [1.165, 1.54) is 0 Å². The molecule has 1 aromatic rings. The fraction of sp³-hybridized carbons (Fsp3) is 0.667. The zero-order valence-electron chi connectivity index (χ0n) is 13.1. The molecule has 2 heterocycles. The Labute approximate surface area is 126 Å². The molecule has 0 saturated carbocycles. The van der Waals surface area contributed by atoms with E-state index in [2.05, 4.69) is 26.7 Å². The molecule has 0 atom stereocenters. The Hall–Kier alpha value is -1.69. The highest BCUT2D eigenvalue weighted by molar-refractivity contribution is 5.76. The Bertz CT molecular complexity index is 485. The van der Waals surface area contributed by atoms with Crippen molar-refractivity contribution in [1.29, 1.82) is 0 Å². The van der Waals surface area contributed by atoms with Crippen LogP contribution in [0.2, 0.25) is 0 Å². The van der Waals surface area contributed by atoms with Crippen LogP contribution in [0.4, 0.5) is 5.82 Å². The van der Waals surface area contributed by atoms with Crippen LogP contribution in [-0.2, 0) is 4.79 Å². The van der Waals surface area contributed by atoms with E-state index in [9.17, 15) is 4.79 Å². The van der Waals surface area contributed by atoms with E-state index in [1.54, 1.807) is 7.05 Å². The Morgan fingerprint density at radius 3 is 2.81 bits per heavy atom. The van der Waals surface area contributed by atoms with Gasteiger partial charge in [0.25, 0.3) is 0 Å². The van der Waals surface area contributed by atoms with E-state index in [-0.39, 0.29) is 5.91 Å². The fourth-order valence-corrected chi connectivity index (χ4v) is 2.61. The summed E-state index contributed by atoms with van der Waals surface area (Å²) in [5, 5.41) is 6.02. The maximum atomic E-state index is 11.4. The lowest BCUT2D eigenvalue weighted by Gasteiger charge is -2.24. The second kappa shape index (κ2) is 7.36. The number of aryl methyl sites for hydroxylation is 1. The molecule has 1 aliphatic rings. The smallest absolute Gasteiger partial charge is 0.221 e. The quantitative estimate of drug-likeness (QED) is 0.841. The van der Waals surface area contributed by atoms with E-state index in [0.29, 0.717) is 18.9 Å². The van der Waals surface area contributed by atoms with Gasteiger partial charge in [0.05, 0.1) is 0 Å². The molecule has 1 aliphatic heterocycles. The van der Waals surface area contributed by atoms with Gasteiger partial charge in [0.1, 0.15) is 11.6 Å². The number of nitrogens with one attached hydrogen (secondary N) is 2. The molecule has 21 heavy (non-hydrogen) atoms. The molecule has 0 bridgehead atoms. The number of rotatable bonds is 5. The zero-order chi connectivity index (χ0) is 15.2. The van der Waals surface area contributed by atoms with Crippen molar-refractivity contribution in [3.63, 3.8) is 0 Å². The Kier molecular flexibility index (Phi) is 5.50. The topological polar surface area (TPSA) is 70.2 Å². The van der Waals surface area contributed by atoms with Gasteiger partial charge in [-0.15, -0.1) is 0 Å². The minimum Gasteiger partial charge on any atom is -0.359 e. The van der Waals surface area contributed by atoms with Crippen LogP contribution in [0, 0.1) is 6.92 Å². The molecule has 2 N–H and O–H groups in total. The standard InChI is InChI=1S/C15H25N5O/c1-11-18-13(12-4-7-17-8-5-12)10-14(19-11)20(3)9-6-15(21)16-2/h10,12,17H,4-9H2,1-3H3,(H,16,21). The number of piperidine rings is 1. The van der Waals surface area contributed by atoms with Crippen molar-refractivity contribution in [3.05, 3.63) is 17.6 Å². The van der Waals surface area contributed by atoms with Gasteiger partial charge < -0.3 is 15.5 Å². The first kappa shape index (κ1) is 15.7. The third-order valence-corrected chi connectivity index (χ3v) is 3.95. The molecule has 1 aromatic heterocycles. The maximum Gasteiger partial charge on any atom is 0.221 e. The molecular formula is C15H25N5O. The number of hydrogen-bond acceptors (Lipinski definition) is 5. The van der Waals surface area contributed by atoms with Crippen molar-refractivity contribution in [3.8, 4) is 0 Å². The van der Waals surface area contributed by atoms with E-state index in [4.69, 9.17) is 0 Å². The van der Waals surface area contributed by atoms with Gasteiger partial charge in [-0.1, -0.05) is 0 Å². The highest BCUT2D eigenvalue weighted by Gasteiger charge is 2.18. The molecule has 116 valence electrons. The van der Waals surface area contributed by atoms with E-state index >= 15 is 0 Å². The lowest BCUT2D eigenvalue weighted by Crippen LogP contribution is -2.29. The second-order valence-corrected chi connectivity index (χ2v) is 5.57. The molecule has 6 heteroatoms. The highest BCUT2D eigenvalue weighted by Crippen LogP contribution is 2.25. The summed E-state index contributed by atoms with van der Waals surface area (Å²) in [6.07, 6.45) is 2.72. The van der Waals surface area contributed by atoms with Gasteiger partial charge in [-0.25, -0.2) is 9.97 Å². The van der Waals surface area contributed by atoms with Crippen LogP contribution < -0.4 is 15.5 Å². The lowest BCUT2D eigenvalue weighted by molar-refractivity contribution is -0.120. The Balaban J connectivity index is 2.08. The second-order valence-electron chi connectivity index (χ2n) is 5.57. The van der Waals surface area contributed by atoms with Crippen LogP contribution in [-0.4, -0.2) is 49.6 Å². The zero-order valence-corrected chi connectivity index (χ0v) is 13.1. The van der Waals surface area contributed by atoms with Crippen LogP contribution in [0.5, 0.6) is 0 Å². The average molecular weight is 291 g/mol. The molecule has 6 nitrogen and oxygen atoms in total. The number of nitrogens with zero attached hydrogens (tertiary/aromatic N) is 3. The number of aromatic nitrogens is 2. The average Bonchev–Trinajstić information content (AvgIpc) is 2.52. The van der Waals surface area contributed by atoms with Crippen LogP contribution >= 0.6 is 0 Å². The van der Waals surface area contributed by atoms with Gasteiger partial charge in [-0.2, -0.15) is 0 Å². The first-order valence-corrected chi connectivity index (χ1v) is 7.58. The Morgan fingerprint density at radius 1 is 1.43 bits per heavy atom. The lowest BCUT2D eigenvalue weighted by atomic mass is 9.94. The number of carbonyl (C=O) groups is 1. The molecular weight excluding hydrogens is 266 g/mol. The summed E-state index contributed by atoms with van der Waals surface area (Å²) in [5.74, 6) is 2.26. The van der Waals surface area contributed by atoms with Crippen LogP contribution in [0.1, 0.15) is 36.7 Å². The first-order chi connectivity index (χ1) is 10.1. The first-order valence-electron chi connectivity index (χ1n) is 7.58. The van der Waals surface area contributed by atoms with Gasteiger partial charge in [0, 0.05) is 44.7 Å². The van der Waals surface area contributed by atoms with Gasteiger partial charge >= 0.3 is 0 Å². The van der Waals surface area contributed by atoms with Gasteiger partial charge in [0.2, 0.25) is 5.91 Å². The van der Waals surface area contributed by atoms with E-state index in [1.807, 2.05) is 18.9 Å². The van der Waals surface area contributed by atoms with E-state index in [0.717, 1.165) is 43.3 Å². The minimum absolute atomic E-state index is 0.0474. The van der Waals surface area contributed by atoms with E-state index < -0.39 is 0 Å². The predicted molar refractivity (Wildman–Crippen MR) is 83.6 cm³/mol. The minimum atomic E-state index is 0.0474. The molecule has 2 rings (SSSR count). The summed E-state index contributed by atoms with van der Waals surface area (Å²) < 4.78 is 0. The van der Waals surface area contributed by atoms with Crippen molar-refractivity contribution in [2.45, 2.75) is 32.1 Å². The summed E-state index contributed by atoms with van der Waals surface area (Å²) in [6.45, 7) is 4.69. The third kappa shape index (κ3) is 4.39. The van der Waals surface area contributed by atoms with Crippen LogP contribution in [0.3, 0.4) is 0 Å². The van der Waals surface area contributed by atoms with Crippen molar-refractivity contribution >= 4 is 11.7 Å². The fourth-order valence-electron chi connectivity index (χ4n) is 2.61. The molecule has 0 aliphatic carbocycles. The molecule has 1 fully saturated rings. The van der Waals surface area contributed by atoms with Crippen molar-refractivity contribution in [2.24, 2.45) is 0 Å². The third-order valence-electron chi connectivity index (χ3n) is 3.95. The van der Waals surface area contributed by atoms with Gasteiger partial charge in [-0.3, -0.25) is 4.79 Å². The number of carbonyl (C=O) groups excluding carboxylic acids is 1. The molecule has 0 spiro atoms. The number of anilines is 1. The van der Waals surface area contributed by atoms with Crippen molar-refractivity contribution in [2.75, 3.05) is 38.6 Å². The highest BCUT2D eigenvalue weighted by atomic mass is 16.1. The van der Waals surface area contributed by atoms with Crippen LogP contribution in [0.25, 0.3) is 0 Å². The van der Waals surface area contributed by atoms with Gasteiger partial charge in [0.15, 0.2) is 0 Å². The summed E-state index contributed by atoms with van der Waals surface area (Å²) in [6, 6.07) is 2.08. The summed E-state index contributed by atoms with van der Waals surface area (Å²) in [7, 11) is 3.63. The monoisotopic (exact) mass is 291 g/mol. The summed E-state index contributed by atoms with van der Waals surface area (Å²) in [4.78, 5) is 22.5. The van der Waals surface area contributed by atoms with Crippen molar-refractivity contribution < 1.29 is 4.79 Å². The normalized spacial score (nSPS) is 15.8. The maximum absolute atomic E-state index is 11.4. The summed E-state index contributed by atoms with van der Waals surface area (Å²) >= 11 is 0. The predicted octanol–water partition coefficient (Wildman–Crippen LogP) is 0.824. The van der Waals surface area contributed by atoms with Crippen LogP contribution in [0.15, 0.2) is 6.07 Å². The summed E-state index contributed by atoms with van der Waals surface area (Å²) in [5.41, 5.74) is 1.13. The molecule has 0 unspecified atom stereocenters. The molecule has 0 radical (unpaired) electrons. The number of hydrogen-bond donors (Lipinski definition) is 2. The Morgan fingerprint density at radius 2 is 2.14 bits per heavy atom.